The minimum atomic E-state index is -1.00. The van der Waals surface area contributed by atoms with Gasteiger partial charge < -0.3 is 15.3 Å². The van der Waals surface area contributed by atoms with E-state index in [-0.39, 0.29) is 35.4 Å². The van der Waals surface area contributed by atoms with Crippen LogP contribution in [0.2, 0.25) is 0 Å². The molecule has 1 aliphatic rings. The van der Waals surface area contributed by atoms with Gasteiger partial charge in [-0.15, -0.1) is 0 Å². The average molecular weight is 452 g/mol. The van der Waals surface area contributed by atoms with Crippen LogP contribution in [0.5, 0.6) is 0 Å². The van der Waals surface area contributed by atoms with Crippen LogP contribution in [0.1, 0.15) is 74.7 Å². The highest BCUT2D eigenvalue weighted by molar-refractivity contribution is 5.91. The predicted octanol–water partition coefficient (Wildman–Crippen LogP) is 3.54. The summed E-state index contributed by atoms with van der Waals surface area (Å²) in [5.74, 6) is -0.810. The SMILES string of the molecule is CC(=C[C@H](C(C)C)N(C)C(=O)[C@@H](NC(=O)C1CCCCN1CC(C)C)C(C)(C)C)C(=O)O. The van der Waals surface area contributed by atoms with E-state index in [0.717, 1.165) is 32.4 Å². The number of carbonyl (C=O) groups is 3. The number of nitrogens with one attached hydrogen (secondary N) is 1. The topological polar surface area (TPSA) is 90.0 Å². The summed E-state index contributed by atoms with van der Waals surface area (Å²) in [6, 6.07) is -1.31. The highest BCUT2D eigenvalue weighted by Gasteiger charge is 2.39. The lowest BCUT2D eigenvalue weighted by Gasteiger charge is -2.40. The predicted molar refractivity (Wildman–Crippen MR) is 128 cm³/mol. The molecule has 0 aliphatic carbocycles. The molecule has 1 rings (SSSR count). The maximum Gasteiger partial charge on any atom is 0.331 e. The number of amides is 2. The van der Waals surface area contributed by atoms with Crippen molar-refractivity contribution in [1.82, 2.24) is 15.1 Å². The van der Waals surface area contributed by atoms with Crippen LogP contribution in [-0.4, -0.2) is 71.0 Å². The molecule has 1 saturated heterocycles. The van der Waals surface area contributed by atoms with Gasteiger partial charge in [-0.25, -0.2) is 4.79 Å². The Labute approximate surface area is 194 Å². The first-order valence-electron chi connectivity index (χ1n) is 11.9. The Bertz CT molecular complexity index is 694. The van der Waals surface area contributed by atoms with Gasteiger partial charge in [-0.05, 0) is 43.6 Å². The highest BCUT2D eigenvalue weighted by atomic mass is 16.4. The first kappa shape index (κ1) is 28.1. The molecular formula is C25H45N3O4. The molecule has 1 heterocycles. The second kappa shape index (κ2) is 11.8. The third-order valence-electron chi connectivity index (χ3n) is 6.15. The van der Waals surface area contributed by atoms with Crippen LogP contribution in [0, 0.1) is 17.3 Å². The van der Waals surface area contributed by atoms with E-state index < -0.39 is 17.4 Å². The zero-order chi connectivity index (χ0) is 24.8. The molecule has 3 atom stereocenters. The van der Waals surface area contributed by atoms with E-state index in [1.165, 1.54) is 6.92 Å². The second-order valence-corrected chi connectivity index (χ2v) is 11.0. The number of rotatable bonds is 9. The van der Waals surface area contributed by atoms with Gasteiger partial charge in [0.2, 0.25) is 11.8 Å². The minimum absolute atomic E-state index is 0.0226. The molecule has 1 aliphatic heterocycles. The molecule has 0 bridgehead atoms. The number of nitrogens with zero attached hydrogens (tertiary/aromatic N) is 2. The number of aliphatic carboxylic acids is 1. The zero-order valence-corrected chi connectivity index (χ0v) is 21.6. The molecule has 0 radical (unpaired) electrons. The van der Waals surface area contributed by atoms with Gasteiger partial charge in [-0.1, -0.05) is 61.0 Å². The van der Waals surface area contributed by atoms with Crippen LogP contribution in [0.25, 0.3) is 0 Å². The van der Waals surface area contributed by atoms with Crippen molar-refractivity contribution in [2.45, 2.75) is 92.8 Å². The number of hydrogen-bond donors (Lipinski definition) is 2. The van der Waals surface area contributed by atoms with Crippen LogP contribution in [0.3, 0.4) is 0 Å². The van der Waals surface area contributed by atoms with Gasteiger partial charge in [0.25, 0.3) is 0 Å². The first-order valence-corrected chi connectivity index (χ1v) is 11.9. The van der Waals surface area contributed by atoms with E-state index in [2.05, 4.69) is 24.1 Å². The van der Waals surface area contributed by atoms with Gasteiger partial charge in [-0.3, -0.25) is 14.5 Å². The fraction of sp³-hybridized carbons (Fsp3) is 0.800. The zero-order valence-electron chi connectivity index (χ0n) is 21.6. The van der Waals surface area contributed by atoms with E-state index in [0.29, 0.717) is 5.92 Å². The number of hydrogen-bond acceptors (Lipinski definition) is 4. The summed E-state index contributed by atoms with van der Waals surface area (Å²) in [6.45, 7) is 17.3. The summed E-state index contributed by atoms with van der Waals surface area (Å²) in [5.41, 5.74) is -0.294. The molecule has 1 fully saturated rings. The molecule has 1 unspecified atom stereocenters. The van der Waals surface area contributed by atoms with Gasteiger partial charge in [0.15, 0.2) is 0 Å². The van der Waals surface area contributed by atoms with Crippen molar-refractivity contribution < 1.29 is 19.5 Å². The Hall–Kier alpha value is -1.89. The molecule has 32 heavy (non-hydrogen) atoms. The van der Waals surface area contributed by atoms with E-state index >= 15 is 0 Å². The normalized spacial score (nSPS) is 20.2. The van der Waals surface area contributed by atoms with Gasteiger partial charge in [0, 0.05) is 19.2 Å². The fourth-order valence-corrected chi connectivity index (χ4v) is 4.29. The molecule has 7 nitrogen and oxygen atoms in total. The number of carbonyl (C=O) groups excluding carboxylic acids is 2. The Kier molecular flexibility index (Phi) is 10.4. The van der Waals surface area contributed by atoms with E-state index in [9.17, 15) is 19.5 Å². The smallest absolute Gasteiger partial charge is 0.331 e. The maximum absolute atomic E-state index is 13.6. The van der Waals surface area contributed by atoms with Gasteiger partial charge in [0.05, 0.1) is 12.1 Å². The van der Waals surface area contributed by atoms with Crippen molar-refractivity contribution in [3.63, 3.8) is 0 Å². The van der Waals surface area contributed by atoms with Crippen LogP contribution >= 0.6 is 0 Å². The van der Waals surface area contributed by atoms with E-state index in [4.69, 9.17) is 0 Å². The van der Waals surface area contributed by atoms with Gasteiger partial charge in [0.1, 0.15) is 6.04 Å². The van der Waals surface area contributed by atoms with Crippen molar-refractivity contribution in [2.75, 3.05) is 20.1 Å². The highest BCUT2D eigenvalue weighted by Crippen LogP contribution is 2.25. The Morgan fingerprint density at radius 3 is 2.22 bits per heavy atom. The fourth-order valence-electron chi connectivity index (χ4n) is 4.29. The largest absolute Gasteiger partial charge is 0.478 e. The monoisotopic (exact) mass is 451 g/mol. The summed E-state index contributed by atoms with van der Waals surface area (Å²) < 4.78 is 0. The van der Waals surface area contributed by atoms with Crippen molar-refractivity contribution >= 4 is 17.8 Å². The van der Waals surface area contributed by atoms with Crippen LogP contribution < -0.4 is 5.32 Å². The average Bonchev–Trinajstić information content (AvgIpc) is 2.67. The molecular weight excluding hydrogens is 406 g/mol. The van der Waals surface area contributed by atoms with Crippen molar-refractivity contribution in [3.05, 3.63) is 11.6 Å². The molecule has 0 saturated carbocycles. The second-order valence-electron chi connectivity index (χ2n) is 11.0. The standard InChI is InChI=1S/C25H45N3O4/c1-16(2)15-28-13-11-10-12-19(28)22(29)26-21(25(6,7)8)23(30)27(9)20(17(3)4)14-18(5)24(31)32/h14,16-17,19-21H,10-13,15H2,1-9H3,(H,26,29)(H,31,32)/t19?,20-,21-/m1/s1. The lowest BCUT2D eigenvalue weighted by Crippen LogP contribution is -2.60. The molecule has 2 amide bonds. The van der Waals surface area contributed by atoms with E-state index in [1.54, 1.807) is 18.0 Å². The number of likely N-dealkylation sites (tertiary alicyclic amines) is 1. The molecule has 0 aromatic heterocycles. The molecule has 184 valence electrons. The summed E-state index contributed by atoms with van der Waals surface area (Å²) >= 11 is 0. The first-order chi connectivity index (χ1) is 14.7. The molecule has 2 N–H and O–H groups in total. The van der Waals surface area contributed by atoms with Crippen LogP contribution in [-0.2, 0) is 14.4 Å². The van der Waals surface area contributed by atoms with Crippen molar-refractivity contribution in [1.29, 1.82) is 0 Å². The molecule has 0 aromatic carbocycles. The summed E-state index contributed by atoms with van der Waals surface area (Å²) in [5, 5.41) is 12.4. The molecule has 0 spiro atoms. The number of piperidine rings is 1. The Balaban J connectivity index is 3.13. The van der Waals surface area contributed by atoms with Crippen molar-refractivity contribution in [2.24, 2.45) is 17.3 Å². The maximum atomic E-state index is 13.6. The van der Waals surface area contributed by atoms with Crippen LogP contribution in [0.4, 0.5) is 0 Å². The van der Waals surface area contributed by atoms with Crippen molar-refractivity contribution in [3.8, 4) is 0 Å². The Morgan fingerprint density at radius 1 is 1.16 bits per heavy atom. The summed E-state index contributed by atoms with van der Waals surface area (Å²) in [7, 11) is 1.69. The molecule has 0 aromatic rings. The third-order valence-corrected chi connectivity index (χ3v) is 6.15. The Morgan fingerprint density at radius 2 is 1.75 bits per heavy atom. The number of likely N-dealkylation sites (N-methyl/N-ethyl adjacent to an activating group) is 1. The van der Waals surface area contributed by atoms with Crippen LogP contribution in [0.15, 0.2) is 11.6 Å². The molecule has 7 heteroatoms. The quantitative estimate of drug-likeness (QED) is 0.523. The summed E-state index contributed by atoms with van der Waals surface area (Å²) in [4.78, 5) is 42.1. The van der Waals surface area contributed by atoms with Gasteiger partial charge in [-0.2, -0.15) is 0 Å². The number of carboxylic acid groups (broad SMARTS) is 1. The third kappa shape index (κ3) is 7.91. The number of carboxylic acids is 1. The minimum Gasteiger partial charge on any atom is -0.478 e. The van der Waals surface area contributed by atoms with E-state index in [1.807, 2.05) is 34.6 Å². The summed E-state index contributed by atoms with van der Waals surface area (Å²) in [6.07, 6.45) is 4.52. The lowest BCUT2D eigenvalue weighted by molar-refractivity contribution is -0.142. The van der Waals surface area contributed by atoms with Gasteiger partial charge >= 0.3 is 5.97 Å². The lowest BCUT2D eigenvalue weighted by atomic mass is 9.84.